The summed E-state index contributed by atoms with van der Waals surface area (Å²) < 4.78 is 5.83. The topological polar surface area (TPSA) is 26.3 Å². The SMILES string of the molecule is CC(C)(C)C[C@H]1C(=O)O[C@@H](c2ccccc2)[C@H]1c1ccccc1. The van der Waals surface area contributed by atoms with Gasteiger partial charge in [-0.15, -0.1) is 0 Å². The number of hydrogen-bond donors (Lipinski definition) is 0. The molecule has 1 aliphatic rings. The fraction of sp³-hybridized carbons (Fsp3) is 0.381. The van der Waals surface area contributed by atoms with Gasteiger partial charge in [-0.2, -0.15) is 0 Å². The highest BCUT2D eigenvalue weighted by molar-refractivity contribution is 5.77. The van der Waals surface area contributed by atoms with Crippen molar-refractivity contribution in [2.45, 2.75) is 39.2 Å². The van der Waals surface area contributed by atoms with Gasteiger partial charge in [0.1, 0.15) is 6.10 Å². The first-order chi connectivity index (χ1) is 11.0. The minimum absolute atomic E-state index is 0.0670. The van der Waals surface area contributed by atoms with Gasteiger partial charge >= 0.3 is 5.97 Å². The maximum Gasteiger partial charge on any atom is 0.310 e. The van der Waals surface area contributed by atoms with Crippen LogP contribution < -0.4 is 0 Å². The molecule has 1 aliphatic heterocycles. The van der Waals surface area contributed by atoms with Crippen molar-refractivity contribution in [1.29, 1.82) is 0 Å². The van der Waals surface area contributed by atoms with E-state index in [-0.39, 0.29) is 29.3 Å². The Bertz CT molecular complexity index is 655. The summed E-state index contributed by atoms with van der Waals surface area (Å²) in [4.78, 5) is 12.6. The predicted octanol–water partition coefficient (Wildman–Crippen LogP) is 5.12. The van der Waals surface area contributed by atoms with E-state index in [0.29, 0.717) is 0 Å². The summed E-state index contributed by atoms with van der Waals surface area (Å²) in [5.41, 5.74) is 2.34. The number of cyclic esters (lactones) is 1. The molecule has 0 aromatic heterocycles. The van der Waals surface area contributed by atoms with Crippen LogP contribution in [0.2, 0.25) is 0 Å². The molecule has 0 bridgehead atoms. The van der Waals surface area contributed by atoms with Crippen molar-refractivity contribution in [2.75, 3.05) is 0 Å². The van der Waals surface area contributed by atoms with Gasteiger partial charge in [-0.25, -0.2) is 0 Å². The first kappa shape index (κ1) is 15.8. The van der Waals surface area contributed by atoms with Crippen molar-refractivity contribution >= 4 is 5.97 Å². The largest absolute Gasteiger partial charge is 0.457 e. The summed E-state index contributed by atoms with van der Waals surface area (Å²) in [7, 11) is 0. The van der Waals surface area contributed by atoms with Crippen molar-refractivity contribution < 1.29 is 9.53 Å². The van der Waals surface area contributed by atoms with E-state index < -0.39 is 0 Å². The monoisotopic (exact) mass is 308 g/mol. The fourth-order valence-electron chi connectivity index (χ4n) is 3.51. The van der Waals surface area contributed by atoms with Crippen LogP contribution in [0, 0.1) is 11.3 Å². The van der Waals surface area contributed by atoms with E-state index in [9.17, 15) is 4.79 Å². The maximum atomic E-state index is 12.6. The summed E-state index contributed by atoms with van der Waals surface area (Å²) >= 11 is 0. The summed E-state index contributed by atoms with van der Waals surface area (Å²) in [5.74, 6) is -0.0874. The molecule has 1 heterocycles. The van der Waals surface area contributed by atoms with E-state index in [2.05, 4.69) is 32.9 Å². The van der Waals surface area contributed by atoms with Gasteiger partial charge in [-0.05, 0) is 23.0 Å². The Balaban J connectivity index is 2.01. The lowest BCUT2D eigenvalue weighted by Crippen LogP contribution is -2.22. The van der Waals surface area contributed by atoms with Gasteiger partial charge in [0.25, 0.3) is 0 Å². The van der Waals surface area contributed by atoms with E-state index in [1.54, 1.807) is 0 Å². The van der Waals surface area contributed by atoms with Crippen molar-refractivity contribution in [3.8, 4) is 0 Å². The molecule has 0 spiro atoms. The van der Waals surface area contributed by atoms with Crippen LogP contribution in [0.1, 0.15) is 50.3 Å². The average Bonchev–Trinajstić information content (AvgIpc) is 2.84. The Morgan fingerprint density at radius 2 is 1.39 bits per heavy atom. The molecular formula is C21H24O2. The second-order valence-electron chi connectivity index (χ2n) is 7.58. The number of rotatable bonds is 3. The third-order valence-electron chi connectivity index (χ3n) is 4.45. The molecule has 3 rings (SSSR count). The zero-order valence-corrected chi connectivity index (χ0v) is 14.0. The maximum absolute atomic E-state index is 12.6. The van der Waals surface area contributed by atoms with Crippen LogP contribution in [0.25, 0.3) is 0 Å². The molecule has 2 aromatic rings. The predicted molar refractivity (Wildman–Crippen MR) is 92.0 cm³/mol. The van der Waals surface area contributed by atoms with E-state index in [1.807, 2.05) is 48.5 Å². The number of carbonyl (C=O) groups excluding carboxylic acids is 1. The molecule has 2 aromatic carbocycles. The summed E-state index contributed by atoms with van der Waals surface area (Å²) in [6.45, 7) is 6.54. The van der Waals surface area contributed by atoms with Gasteiger partial charge in [0.2, 0.25) is 0 Å². The Labute approximate surface area is 138 Å². The van der Waals surface area contributed by atoms with E-state index in [0.717, 1.165) is 12.0 Å². The van der Waals surface area contributed by atoms with Crippen molar-refractivity contribution in [1.82, 2.24) is 0 Å². The highest BCUT2D eigenvalue weighted by atomic mass is 16.6. The van der Waals surface area contributed by atoms with Gasteiger partial charge in [-0.1, -0.05) is 81.4 Å². The van der Waals surface area contributed by atoms with E-state index in [1.165, 1.54) is 5.56 Å². The van der Waals surface area contributed by atoms with Crippen LogP contribution in [-0.4, -0.2) is 5.97 Å². The highest BCUT2D eigenvalue weighted by Gasteiger charge is 2.47. The van der Waals surface area contributed by atoms with Crippen LogP contribution in [0.4, 0.5) is 0 Å². The van der Waals surface area contributed by atoms with Gasteiger partial charge < -0.3 is 4.74 Å². The van der Waals surface area contributed by atoms with E-state index >= 15 is 0 Å². The minimum atomic E-state index is -0.196. The molecular weight excluding hydrogens is 284 g/mol. The summed E-state index contributed by atoms with van der Waals surface area (Å²) in [5, 5.41) is 0. The average molecular weight is 308 g/mol. The molecule has 2 nitrogen and oxygen atoms in total. The van der Waals surface area contributed by atoms with Crippen LogP contribution in [0.5, 0.6) is 0 Å². The Morgan fingerprint density at radius 3 is 1.91 bits per heavy atom. The van der Waals surface area contributed by atoms with Crippen molar-refractivity contribution in [3.05, 3.63) is 71.8 Å². The van der Waals surface area contributed by atoms with Crippen molar-refractivity contribution in [3.63, 3.8) is 0 Å². The first-order valence-electron chi connectivity index (χ1n) is 8.26. The first-order valence-corrected chi connectivity index (χ1v) is 8.26. The normalized spacial score (nSPS) is 24.5. The standard InChI is InChI=1S/C21H24O2/c1-21(2,3)14-17-18(15-10-6-4-7-11-15)19(23-20(17)22)16-12-8-5-9-13-16/h4-13,17-19H,14H2,1-3H3/t17-,18+,19+/m1/s1. The minimum Gasteiger partial charge on any atom is -0.457 e. The highest BCUT2D eigenvalue weighted by Crippen LogP contribution is 2.49. The van der Waals surface area contributed by atoms with Crippen molar-refractivity contribution in [2.24, 2.45) is 11.3 Å². The Hall–Kier alpha value is -2.09. The quantitative estimate of drug-likeness (QED) is 0.736. The van der Waals surface area contributed by atoms with Gasteiger partial charge in [-0.3, -0.25) is 4.79 Å². The van der Waals surface area contributed by atoms with Crippen LogP contribution >= 0.6 is 0 Å². The molecule has 0 amide bonds. The molecule has 2 heteroatoms. The molecule has 1 saturated heterocycles. The molecule has 0 radical (unpaired) electrons. The third kappa shape index (κ3) is 3.47. The van der Waals surface area contributed by atoms with Gasteiger partial charge in [0, 0.05) is 5.92 Å². The van der Waals surface area contributed by atoms with E-state index in [4.69, 9.17) is 4.74 Å². The second-order valence-corrected chi connectivity index (χ2v) is 7.58. The zero-order chi connectivity index (χ0) is 16.4. The summed E-state index contributed by atoms with van der Waals surface area (Å²) in [6, 6.07) is 20.4. The molecule has 0 unspecified atom stereocenters. The van der Waals surface area contributed by atoms with Crippen LogP contribution in [0.15, 0.2) is 60.7 Å². The molecule has 0 N–H and O–H groups in total. The molecule has 1 fully saturated rings. The lowest BCUT2D eigenvalue weighted by atomic mass is 9.74. The number of ether oxygens (including phenoxy) is 1. The number of benzene rings is 2. The lowest BCUT2D eigenvalue weighted by molar-refractivity contribution is -0.145. The molecule has 0 aliphatic carbocycles. The zero-order valence-electron chi connectivity index (χ0n) is 14.0. The second kappa shape index (κ2) is 6.19. The third-order valence-corrected chi connectivity index (χ3v) is 4.45. The Kier molecular flexibility index (Phi) is 4.25. The molecule has 23 heavy (non-hydrogen) atoms. The van der Waals surface area contributed by atoms with Crippen LogP contribution in [-0.2, 0) is 9.53 Å². The number of carbonyl (C=O) groups is 1. The van der Waals surface area contributed by atoms with Crippen LogP contribution in [0.3, 0.4) is 0 Å². The molecule has 0 saturated carbocycles. The molecule has 120 valence electrons. The Morgan fingerprint density at radius 1 is 0.870 bits per heavy atom. The smallest absolute Gasteiger partial charge is 0.310 e. The van der Waals surface area contributed by atoms with Gasteiger partial charge in [0.05, 0.1) is 5.92 Å². The fourth-order valence-corrected chi connectivity index (χ4v) is 3.51. The number of hydrogen-bond acceptors (Lipinski definition) is 2. The summed E-state index contributed by atoms with van der Waals surface area (Å²) in [6.07, 6.45) is 0.632. The lowest BCUT2D eigenvalue weighted by Gasteiger charge is -2.26. The van der Waals surface area contributed by atoms with Gasteiger partial charge in [0.15, 0.2) is 0 Å². The molecule has 3 atom stereocenters. The number of esters is 1.